The maximum atomic E-state index is 12.9. The number of phenolic OH excluding ortho intramolecular Hbond substituents is 2. The predicted molar refractivity (Wildman–Crippen MR) is 119 cm³/mol. The molecule has 0 spiro atoms. The average Bonchev–Trinajstić information content (AvgIpc) is 2.74. The van der Waals surface area contributed by atoms with E-state index in [1.807, 2.05) is 13.0 Å². The van der Waals surface area contributed by atoms with Gasteiger partial charge in [-0.3, -0.25) is 9.59 Å². The Bertz CT molecular complexity index is 906. The van der Waals surface area contributed by atoms with E-state index in [4.69, 9.17) is 0 Å². The summed E-state index contributed by atoms with van der Waals surface area (Å²) in [6.45, 7) is 3.47. The Morgan fingerprint density at radius 1 is 0.933 bits per heavy atom. The highest BCUT2D eigenvalue weighted by Gasteiger charge is 2.30. The number of benzene rings is 2. The molecule has 5 nitrogen and oxygen atoms in total. The quantitative estimate of drug-likeness (QED) is 0.631. The van der Waals surface area contributed by atoms with Gasteiger partial charge in [0.15, 0.2) is 5.78 Å². The molecular weight excluding hydrogens is 378 g/mol. The third kappa shape index (κ3) is 5.02. The molecule has 0 bridgehead atoms. The highest BCUT2D eigenvalue weighted by Crippen LogP contribution is 2.34. The molecule has 0 radical (unpaired) electrons. The summed E-state index contributed by atoms with van der Waals surface area (Å²) in [5, 5.41) is 19.4. The molecule has 5 heteroatoms. The number of amides is 1. The van der Waals surface area contributed by atoms with Crippen LogP contribution in [-0.2, 0) is 6.42 Å². The van der Waals surface area contributed by atoms with Gasteiger partial charge in [0.1, 0.15) is 11.5 Å². The molecular formula is C25H31NO4. The molecule has 2 aromatic rings. The maximum absolute atomic E-state index is 12.9. The molecule has 1 aliphatic heterocycles. The fourth-order valence-electron chi connectivity index (χ4n) is 4.17. The standard InChI is InChI=1S/C19H19NO4.C6H12/c1-11-3-4-14-9-13(12(2)21)5-8-17(14)20(11)19(24)16-7-6-15(22)10-18(16)23;1-2-4-6-5-3-1/h5-11,22-23H,3-4H2,1-2H3;1-6H2. The van der Waals surface area contributed by atoms with Crippen LogP contribution in [0.4, 0.5) is 5.69 Å². The molecule has 2 N–H and O–H groups in total. The first-order valence-corrected chi connectivity index (χ1v) is 10.9. The number of nitrogens with zero attached hydrogens (tertiary/aromatic N) is 1. The van der Waals surface area contributed by atoms with Gasteiger partial charge in [-0.05, 0) is 62.6 Å². The number of phenols is 2. The predicted octanol–water partition coefficient (Wildman–Crippen LogP) is 5.62. The second-order valence-corrected chi connectivity index (χ2v) is 8.29. The lowest BCUT2D eigenvalue weighted by molar-refractivity contribution is 0.0971. The van der Waals surface area contributed by atoms with Crippen LogP contribution in [0.25, 0.3) is 0 Å². The van der Waals surface area contributed by atoms with Crippen LogP contribution < -0.4 is 4.90 Å². The number of rotatable bonds is 2. The molecule has 2 aliphatic rings. The van der Waals surface area contributed by atoms with Crippen molar-refractivity contribution in [3.63, 3.8) is 0 Å². The number of hydrogen-bond donors (Lipinski definition) is 2. The van der Waals surface area contributed by atoms with Crippen LogP contribution in [0.1, 0.15) is 85.1 Å². The summed E-state index contributed by atoms with van der Waals surface area (Å²) >= 11 is 0. The van der Waals surface area contributed by atoms with Gasteiger partial charge in [0.2, 0.25) is 0 Å². The van der Waals surface area contributed by atoms with Crippen LogP contribution in [0.2, 0.25) is 0 Å². The van der Waals surface area contributed by atoms with E-state index in [-0.39, 0.29) is 34.8 Å². The van der Waals surface area contributed by atoms with Crippen molar-refractivity contribution in [2.75, 3.05) is 4.90 Å². The van der Waals surface area contributed by atoms with Gasteiger partial charge >= 0.3 is 0 Å². The van der Waals surface area contributed by atoms with Crippen molar-refractivity contribution in [3.05, 3.63) is 53.1 Å². The minimum atomic E-state index is -0.323. The zero-order chi connectivity index (χ0) is 21.7. The molecule has 1 saturated carbocycles. The Morgan fingerprint density at radius 2 is 1.57 bits per heavy atom. The molecule has 160 valence electrons. The van der Waals surface area contributed by atoms with E-state index >= 15 is 0 Å². The second-order valence-electron chi connectivity index (χ2n) is 8.29. The number of aromatic hydroxyl groups is 2. The van der Waals surface area contributed by atoms with Crippen LogP contribution in [0.5, 0.6) is 11.5 Å². The third-order valence-corrected chi connectivity index (χ3v) is 5.95. The van der Waals surface area contributed by atoms with Crippen molar-refractivity contribution in [1.82, 2.24) is 0 Å². The third-order valence-electron chi connectivity index (χ3n) is 5.95. The molecule has 1 unspecified atom stereocenters. The number of carbonyl (C=O) groups is 2. The maximum Gasteiger partial charge on any atom is 0.262 e. The number of hydrogen-bond acceptors (Lipinski definition) is 4. The normalized spacial score (nSPS) is 18.1. The lowest BCUT2D eigenvalue weighted by Crippen LogP contribution is -2.42. The highest BCUT2D eigenvalue weighted by molar-refractivity contribution is 6.09. The molecule has 1 aliphatic carbocycles. The van der Waals surface area contributed by atoms with Gasteiger partial charge in [-0.15, -0.1) is 0 Å². The van der Waals surface area contributed by atoms with Crippen molar-refractivity contribution in [2.45, 2.75) is 71.3 Å². The lowest BCUT2D eigenvalue weighted by atomic mass is 9.93. The molecule has 1 atom stereocenters. The molecule has 1 heterocycles. The summed E-state index contributed by atoms with van der Waals surface area (Å²) in [7, 11) is 0. The van der Waals surface area contributed by atoms with Crippen molar-refractivity contribution in [3.8, 4) is 11.5 Å². The lowest BCUT2D eigenvalue weighted by Gasteiger charge is -2.35. The van der Waals surface area contributed by atoms with Crippen molar-refractivity contribution >= 4 is 17.4 Å². The van der Waals surface area contributed by atoms with Gasteiger partial charge in [0, 0.05) is 23.4 Å². The average molecular weight is 410 g/mol. The van der Waals surface area contributed by atoms with E-state index in [0.717, 1.165) is 30.2 Å². The van der Waals surface area contributed by atoms with Gasteiger partial charge < -0.3 is 15.1 Å². The summed E-state index contributed by atoms with van der Waals surface area (Å²) in [4.78, 5) is 26.2. The Kier molecular flexibility index (Phi) is 7.14. The van der Waals surface area contributed by atoms with Gasteiger partial charge in [-0.1, -0.05) is 38.5 Å². The summed E-state index contributed by atoms with van der Waals surface area (Å²) in [5.41, 5.74) is 2.48. The molecule has 4 rings (SSSR count). The Balaban J connectivity index is 0.000000367. The fourth-order valence-corrected chi connectivity index (χ4v) is 4.17. The first-order chi connectivity index (χ1) is 14.4. The van der Waals surface area contributed by atoms with E-state index in [0.29, 0.717) is 5.56 Å². The number of fused-ring (bicyclic) bond motifs is 1. The van der Waals surface area contributed by atoms with E-state index < -0.39 is 0 Å². The number of Topliss-reactive ketones (excluding diaryl/α,β-unsaturated/α-hetero) is 1. The van der Waals surface area contributed by atoms with Crippen LogP contribution in [0, 0.1) is 0 Å². The SMILES string of the molecule is C1CCCCC1.CC(=O)c1ccc2c(c1)CCC(C)N2C(=O)c1ccc(O)cc1O. The van der Waals surface area contributed by atoms with Crippen molar-refractivity contribution < 1.29 is 19.8 Å². The molecule has 1 amide bonds. The molecule has 1 fully saturated rings. The van der Waals surface area contributed by atoms with Crippen LogP contribution in [-0.4, -0.2) is 27.9 Å². The topological polar surface area (TPSA) is 77.8 Å². The van der Waals surface area contributed by atoms with E-state index in [9.17, 15) is 19.8 Å². The summed E-state index contributed by atoms with van der Waals surface area (Å²) in [6, 6.07) is 9.26. The number of carbonyl (C=O) groups excluding carboxylic acids is 2. The van der Waals surface area contributed by atoms with Crippen LogP contribution in [0.15, 0.2) is 36.4 Å². The van der Waals surface area contributed by atoms with Crippen molar-refractivity contribution in [1.29, 1.82) is 0 Å². The smallest absolute Gasteiger partial charge is 0.262 e. The van der Waals surface area contributed by atoms with Crippen LogP contribution >= 0.6 is 0 Å². The highest BCUT2D eigenvalue weighted by atomic mass is 16.3. The van der Waals surface area contributed by atoms with Crippen LogP contribution in [0.3, 0.4) is 0 Å². The minimum Gasteiger partial charge on any atom is -0.508 e. The van der Waals surface area contributed by atoms with Gasteiger partial charge in [-0.25, -0.2) is 0 Å². The summed E-state index contributed by atoms with van der Waals surface area (Å²) < 4.78 is 0. The fraction of sp³-hybridized carbons (Fsp3) is 0.440. The number of aryl methyl sites for hydroxylation is 1. The van der Waals surface area contributed by atoms with E-state index in [2.05, 4.69) is 0 Å². The Morgan fingerprint density at radius 3 is 2.13 bits per heavy atom. The monoisotopic (exact) mass is 409 g/mol. The first kappa shape index (κ1) is 21.9. The molecule has 2 aromatic carbocycles. The van der Waals surface area contributed by atoms with Gasteiger partial charge in [-0.2, -0.15) is 0 Å². The Labute approximate surface area is 178 Å². The number of ketones is 1. The first-order valence-electron chi connectivity index (χ1n) is 10.9. The molecule has 0 aromatic heterocycles. The molecule has 30 heavy (non-hydrogen) atoms. The van der Waals surface area contributed by atoms with Crippen molar-refractivity contribution in [2.24, 2.45) is 0 Å². The zero-order valence-corrected chi connectivity index (χ0v) is 17.9. The van der Waals surface area contributed by atoms with E-state index in [1.54, 1.807) is 17.0 Å². The van der Waals surface area contributed by atoms with E-state index in [1.165, 1.54) is 57.6 Å². The summed E-state index contributed by atoms with van der Waals surface area (Å²) in [6.07, 6.45) is 10.6. The minimum absolute atomic E-state index is 0.00882. The zero-order valence-electron chi connectivity index (χ0n) is 17.9. The van der Waals surface area contributed by atoms with Gasteiger partial charge in [0.25, 0.3) is 5.91 Å². The molecule has 0 saturated heterocycles. The summed E-state index contributed by atoms with van der Waals surface area (Å²) in [5.74, 6) is -0.677. The Hall–Kier alpha value is -2.82. The largest absolute Gasteiger partial charge is 0.508 e. The number of anilines is 1. The second kappa shape index (κ2) is 9.79. The van der Waals surface area contributed by atoms with Gasteiger partial charge in [0.05, 0.1) is 5.56 Å².